The molecule has 2 aliphatic heterocycles. The zero-order chi connectivity index (χ0) is 12.7. The van der Waals surface area contributed by atoms with E-state index in [1.807, 2.05) is 4.90 Å². The molecule has 0 bridgehead atoms. The Morgan fingerprint density at radius 3 is 3.17 bits per heavy atom. The highest BCUT2D eigenvalue weighted by Crippen LogP contribution is 2.31. The first-order chi connectivity index (χ1) is 8.70. The highest BCUT2D eigenvalue weighted by Gasteiger charge is 2.36. The predicted molar refractivity (Wildman–Crippen MR) is 67.3 cm³/mol. The topological polar surface area (TPSA) is 98.3 Å². The number of hydrogen-bond acceptors (Lipinski definition) is 6. The van der Waals surface area contributed by atoms with Crippen molar-refractivity contribution in [2.24, 2.45) is 0 Å². The Morgan fingerprint density at radius 2 is 2.39 bits per heavy atom. The summed E-state index contributed by atoms with van der Waals surface area (Å²) in [6.45, 7) is 2.75. The molecule has 3 N–H and O–H groups in total. The van der Waals surface area contributed by atoms with Crippen molar-refractivity contribution < 1.29 is 4.79 Å². The molecule has 2 saturated heterocycles. The molecule has 3 heterocycles. The zero-order valence-corrected chi connectivity index (χ0v) is 10.4. The van der Waals surface area contributed by atoms with Crippen molar-refractivity contribution in [1.82, 2.24) is 14.6 Å². The van der Waals surface area contributed by atoms with Gasteiger partial charge in [0.2, 0.25) is 0 Å². The van der Waals surface area contributed by atoms with Gasteiger partial charge in [-0.25, -0.2) is 4.79 Å². The second-order valence-corrected chi connectivity index (χ2v) is 5.09. The minimum atomic E-state index is 0.00368. The first-order valence-electron chi connectivity index (χ1n) is 5.65. The van der Waals surface area contributed by atoms with Crippen molar-refractivity contribution in [3.63, 3.8) is 0 Å². The molecule has 0 saturated carbocycles. The molecule has 1 unspecified atom stereocenters. The normalized spacial score (nSPS) is 22.6. The number of carbonyl (C=O) groups excluding carboxylic acids is 1. The molecular weight excluding hydrogens is 252 g/mol. The average molecular weight is 264 g/mol. The molecule has 2 aliphatic rings. The summed E-state index contributed by atoms with van der Waals surface area (Å²) in [6, 6.07) is 2.27. The Hall–Kier alpha value is -2.01. The maximum absolute atomic E-state index is 11.5. The van der Waals surface area contributed by atoms with Gasteiger partial charge in [0.25, 0.3) is 0 Å². The number of nitriles is 1. The van der Waals surface area contributed by atoms with Gasteiger partial charge in [-0.2, -0.15) is 9.64 Å². The summed E-state index contributed by atoms with van der Waals surface area (Å²) in [5.41, 5.74) is 6.11. The van der Waals surface area contributed by atoms with E-state index < -0.39 is 0 Å². The summed E-state index contributed by atoms with van der Waals surface area (Å²) in [5.74, 6) is 0.292. The van der Waals surface area contributed by atoms with E-state index >= 15 is 0 Å². The molecule has 1 aromatic rings. The van der Waals surface area contributed by atoms with E-state index in [4.69, 9.17) is 11.0 Å². The smallest absolute Gasteiger partial charge is 0.317 e. The fourth-order valence-corrected chi connectivity index (χ4v) is 3.20. The number of nitrogens with zero attached hydrogens (tertiary/aromatic N) is 4. The molecule has 3 rings (SSSR count). The van der Waals surface area contributed by atoms with Gasteiger partial charge in [0.15, 0.2) is 5.82 Å². The van der Waals surface area contributed by atoms with E-state index in [0.29, 0.717) is 31.0 Å². The van der Waals surface area contributed by atoms with Crippen LogP contribution in [0.15, 0.2) is 0 Å². The van der Waals surface area contributed by atoms with E-state index in [0.717, 1.165) is 11.5 Å². The van der Waals surface area contributed by atoms with Crippen LogP contribution in [0, 0.1) is 11.3 Å². The average Bonchev–Trinajstić information content (AvgIpc) is 2.93. The minimum absolute atomic E-state index is 0.00368. The van der Waals surface area contributed by atoms with E-state index in [1.165, 1.54) is 11.5 Å². The summed E-state index contributed by atoms with van der Waals surface area (Å²) in [4.78, 5) is 15.4. The second kappa shape index (κ2) is 4.03. The van der Waals surface area contributed by atoms with Gasteiger partial charge < -0.3 is 20.9 Å². The van der Waals surface area contributed by atoms with Gasteiger partial charge in [-0.3, -0.25) is 0 Å². The number of anilines is 2. The number of carbonyl (C=O) groups is 1. The lowest BCUT2D eigenvalue weighted by molar-refractivity contribution is 0.198. The Balaban J connectivity index is 1.83. The van der Waals surface area contributed by atoms with Gasteiger partial charge in [0.1, 0.15) is 16.6 Å². The standard InChI is InChI=1S/C10H12N6OS/c11-3-7-8(12)14-18-9(7)15-1-2-16-6(5-15)4-13-10(16)17/h6H,1-2,4-5H2,(H2,12,14)(H,13,17). The summed E-state index contributed by atoms with van der Waals surface area (Å²) in [7, 11) is 0. The van der Waals surface area contributed by atoms with E-state index in [-0.39, 0.29) is 12.1 Å². The van der Waals surface area contributed by atoms with Crippen molar-refractivity contribution in [3.8, 4) is 6.07 Å². The van der Waals surface area contributed by atoms with Crippen LogP contribution in [0.4, 0.5) is 15.6 Å². The number of urea groups is 1. The fraction of sp³-hybridized carbons (Fsp3) is 0.500. The lowest BCUT2D eigenvalue weighted by Crippen LogP contribution is -2.52. The first-order valence-corrected chi connectivity index (χ1v) is 6.42. The molecule has 7 nitrogen and oxygen atoms in total. The molecule has 2 amide bonds. The third kappa shape index (κ3) is 1.55. The molecule has 2 fully saturated rings. The Bertz CT molecular complexity index is 535. The quantitative estimate of drug-likeness (QED) is 0.732. The lowest BCUT2D eigenvalue weighted by atomic mass is 10.2. The Labute approximate surface area is 108 Å². The number of rotatable bonds is 1. The largest absolute Gasteiger partial charge is 0.382 e. The van der Waals surface area contributed by atoms with Crippen molar-refractivity contribution in [3.05, 3.63) is 5.56 Å². The van der Waals surface area contributed by atoms with Crippen LogP contribution in [0.25, 0.3) is 0 Å². The van der Waals surface area contributed by atoms with Crippen LogP contribution in [0.3, 0.4) is 0 Å². The third-order valence-electron chi connectivity index (χ3n) is 3.33. The number of nitrogens with one attached hydrogen (secondary N) is 1. The number of piperazine rings is 1. The summed E-state index contributed by atoms with van der Waals surface area (Å²) >= 11 is 1.25. The monoisotopic (exact) mass is 264 g/mol. The number of fused-ring (bicyclic) bond motifs is 1. The molecule has 0 radical (unpaired) electrons. The Morgan fingerprint density at radius 1 is 1.56 bits per heavy atom. The summed E-state index contributed by atoms with van der Waals surface area (Å²) in [5, 5.41) is 12.7. The molecule has 8 heteroatoms. The minimum Gasteiger partial charge on any atom is -0.382 e. The second-order valence-electron chi connectivity index (χ2n) is 4.34. The maximum atomic E-state index is 11.5. The SMILES string of the molecule is N#Cc1c(N)nsc1N1CCN2C(=O)NCC2C1. The Kier molecular flexibility index (Phi) is 2.48. The molecule has 1 atom stereocenters. The highest BCUT2D eigenvalue weighted by molar-refractivity contribution is 7.10. The van der Waals surface area contributed by atoms with Gasteiger partial charge in [0, 0.05) is 26.2 Å². The van der Waals surface area contributed by atoms with Gasteiger partial charge in [-0.15, -0.1) is 0 Å². The first kappa shape index (κ1) is 11.1. The molecular formula is C10H12N6OS. The van der Waals surface area contributed by atoms with Gasteiger partial charge >= 0.3 is 6.03 Å². The van der Waals surface area contributed by atoms with Gasteiger partial charge in [0.05, 0.1) is 6.04 Å². The molecule has 94 valence electrons. The summed E-state index contributed by atoms with van der Waals surface area (Å²) < 4.78 is 4.02. The van der Waals surface area contributed by atoms with Crippen LogP contribution in [0.2, 0.25) is 0 Å². The number of aromatic nitrogens is 1. The fourth-order valence-electron chi connectivity index (χ4n) is 2.40. The third-order valence-corrected chi connectivity index (χ3v) is 4.26. The van der Waals surface area contributed by atoms with Crippen LogP contribution >= 0.6 is 11.5 Å². The maximum Gasteiger partial charge on any atom is 0.317 e. The molecule has 0 aromatic carbocycles. The van der Waals surface area contributed by atoms with Crippen LogP contribution in [0.5, 0.6) is 0 Å². The van der Waals surface area contributed by atoms with E-state index in [9.17, 15) is 4.79 Å². The molecule has 0 spiro atoms. The molecule has 18 heavy (non-hydrogen) atoms. The molecule has 1 aromatic heterocycles. The lowest BCUT2D eigenvalue weighted by Gasteiger charge is -2.36. The zero-order valence-electron chi connectivity index (χ0n) is 9.59. The van der Waals surface area contributed by atoms with Crippen molar-refractivity contribution in [1.29, 1.82) is 5.26 Å². The van der Waals surface area contributed by atoms with E-state index in [1.54, 1.807) is 0 Å². The number of nitrogens with two attached hydrogens (primary N) is 1. The van der Waals surface area contributed by atoms with E-state index in [2.05, 4.69) is 20.7 Å². The number of hydrogen-bond donors (Lipinski definition) is 2. The number of amides is 2. The van der Waals surface area contributed by atoms with Crippen LogP contribution in [-0.4, -0.2) is 47.5 Å². The molecule has 0 aliphatic carbocycles. The van der Waals surface area contributed by atoms with Gasteiger partial charge in [-0.1, -0.05) is 0 Å². The number of nitrogen functional groups attached to an aromatic ring is 1. The highest BCUT2D eigenvalue weighted by atomic mass is 32.1. The van der Waals surface area contributed by atoms with Crippen LogP contribution in [-0.2, 0) is 0 Å². The van der Waals surface area contributed by atoms with Crippen molar-refractivity contribution in [2.75, 3.05) is 36.8 Å². The van der Waals surface area contributed by atoms with Gasteiger partial charge in [-0.05, 0) is 11.5 Å². The van der Waals surface area contributed by atoms with Crippen molar-refractivity contribution >= 4 is 28.4 Å². The predicted octanol–water partition coefficient (Wildman–Crippen LogP) is -0.189. The van der Waals surface area contributed by atoms with Crippen molar-refractivity contribution in [2.45, 2.75) is 6.04 Å². The van der Waals surface area contributed by atoms with Crippen LogP contribution in [0.1, 0.15) is 5.56 Å². The van der Waals surface area contributed by atoms with Crippen LogP contribution < -0.4 is 16.0 Å². The summed E-state index contributed by atoms with van der Waals surface area (Å²) in [6.07, 6.45) is 0.